The second-order valence-corrected chi connectivity index (χ2v) is 5.52. The third-order valence-corrected chi connectivity index (χ3v) is 3.97. The topological polar surface area (TPSA) is 37.3 Å². The standard InChI is InChI=1S/C18H20O2/c1-14(15-9-5-3-6-10-15)13-18(2,17(19)20)16-11-7-4-8-12-16/h3-12,14H,13H2,1-2H3,(H,19,20)/t14-,18-/m1/s1. The molecule has 0 saturated heterocycles. The van der Waals surface area contributed by atoms with Crippen LogP contribution in [0, 0.1) is 0 Å². The average molecular weight is 268 g/mol. The summed E-state index contributed by atoms with van der Waals surface area (Å²) in [6.45, 7) is 3.89. The highest BCUT2D eigenvalue weighted by Gasteiger charge is 2.36. The lowest BCUT2D eigenvalue weighted by molar-refractivity contribution is -0.143. The van der Waals surface area contributed by atoms with Crippen LogP contribution in [-0.4, -0.2) is 11.1 Å². The van der Waals surface area contributed by atoms with Crippen LogP contribution in [0.15, 0.2) is 60.7 Å². The maximum atomic E-state index is 11.8. The zero-order valence-corrected chi connectivity index (χ0v) is 11.9. The van der Waals surface area contributed by atoms with Crippen LogP contribution < -0.4 is 0 Å². The van der Waals surface area contributed by atoms with E-state index in [2.05, 4.69) is 19.1 Å². The number of hydrogen-bond acceptors (Lipinski definition) is 1. The van der Waals surface area contributed by atoms with Crippen molar-refractivity contribution in [2.24, 2.45) is 0 Å². The summed E-state index contributed by atoms with van der Waals surface area (Å²) in [5, 5.41) is 9.68. The number of carbonyl (C=O) groups is 1. The minimum absolute atomic E-state index is 0.192. The summed E-state index contributed by atoms with van der Waals surface area (Å²) in [6.07, 6.45) is 0.580. The van der Waals surface area contributed by atoms with Gasteiger partial charge in [-0.1, -0.05) is 67.6 Å². The second kappa shape index (κ2) is 5.91. The number of aliphatic carboxylic acids is 1. The lowest BCUT2D eigenvalue weighted by Gasteiger charge is -2.28. The third-order valence-electron chi connectivity index (χ3n) is 3.97. The molecule has 1 N–H and O–H groups in total. The summed E-state index contributed by atoms with van der Waals surface area (Å²) in [6, 6.07) is 19.6. The summed E-state index contributed by atoms with van der Waals surface area (Å²) >= 11 is 0. The van der Waals surface area contributed by atoms with Gasteiger partial charge in [-0.25, -0.2) is 0 Å². The van der Waals surface area contributed by atoms with E-state index < -0.39 is 11.4 Å². The fourth-order valence-corrected chi connectivity index (χ4v) is 2.65. The fourth-order valence-electron chi connectivity index (χ4n) is 2.65. The summed E-state index contributed by atoms with van der Waals surface area (Å²) in [7, 11) is 0. The molecule has 0 aromatic heterocycles. The second-order valence-electron chi connectivity index (χ2n) is 5.52. The normalized spacial score (nSPS) is 15.3. The van der Waals surface area contributed by atoms with E-state index in [1.54, 1.807) is 0 Å². The summed E-state index contributed by atoms with van der Waals surface area (Å²) in [5.41, 5.74) is 1.17. The van der Waals surface area contributed by atoms with Crippen LogP contribution in [0.3, 0.4) is 0 Å². The van der Waals surface area contributed by atoms with E-state index in [-0.39, 0.29) is 5.92 Å². The zero-order valence-electron chi connectivity index (χ0n) is 11.9. The molecule has 0 aliphatic rings. The molecule has 0 bridgehead atoms. The molecule has 2 aromatic carbocycles. The number of carboxylic acids is 1. The molecule has 0 aliphatic carbocycles. The maximum absolute atomic E-state index is 11.8. The first kappa shape index (κ1) is 14.3. The molecule has 2 atom stereocenters. The van der Waals surface area contributed by atoms with Crippen molar-refractivity contribution in [3.05, 3.63) is 71.8 Å². The molecular formula is C18H20O2. The van der Waals surface area contributed by atoms with Gasteiger partial charge in [0.05, 0.1) is 5.41 Å². The number of benzene rings is 2. The van der Waals surface area contributed by atoms with Gasteiger partial charge in [-0.3, -0.25) is 4.79 Å². The number of carboxylic acid groups (broad SMARTS) is 1. The van der Waals surface area contributed by atoms with Crippen molar-refractivity contribution >= 4 is 5.97 Å². The van der Waals surface area contributed by atoms with Crippen molar-refractivity contribution in [2.45, 2.75) is 31.6 Å². The first-order valence-corrected chi connectivity index (χ1v) is 6.88. The van der Waals surface area contributed by atoms with E-state index in [1.807, 2.05) is 55.5 Å². The van der Waals surface area contributed by atoms with Crippen LogP contribution >= 0.6 is 0 Å². The van der Waals surface area contributed by atoms with E-state index in [1.165, 1.54) is 5.56 Å². The molecule has 2 aromatic rings. The molecule has 0 unspecified atom stereocenters. The van der Waals surface area contributed by atoms with Crippen LogP contribution in [0.5, 0.6) is 0 Å². The monoisotopic (exact) mass is 268 g/mol. The molecule has 104 valence electrons. The van der Waals surface area contributed by atoms with Gasteiger partial charge in [0.2, 0.25) is 0 Å². The molecule has 0 spiro atoms. The molecule has 0 fully saturated rings. The fraction of sp³-hybridized carbons (Fsp3) is 0.278. The van der Waals surface area contributed by atoms with E-state index in [4.69, 9.17) is 0 Å². The smallest absolute Gasteiger partial charge is 0.313 e. The highest BCUT2D eigenvalue weighted by atomic mass is 16.4. The quantitative estimate of drug-likeness (QED) is 0.881. The Bertz CT molecular complexity index is 562. The van der Waals surface area contributed by atoms with Crippen LogP contribution in [-0.2, 0) is 10.2 Å². The Morgan fingerprint density at radius 2 is 1.55 bits per heavy atom. The Morgan fingerprint density at radius 1 is 1.05 bits per heavy atom. The summed E-state index contributed by atoms with van der Waals surface area (Å²) < 4.78 is 0. The van der Waals surface area contributed by atoms with Crippen LogP contribution in [0.1, 0.15) is 37.3 Å². The van der Waals surface area contributed by atoms with Gasteiger partial charge in [-0.05, 0) is 30.4 Å². The molecule has 0 aliphatic heterocycles. The van der Waals surface area contributed by atoms with Crippen LogP contribution in [0.2, 0.25) is 0 Å². The Kier molecular flexibility index (Phi) is 4.23. The van der Waals surface area contributed by atoms with Crippen molar-refractivity contribution in [1.29, 1.82) is 0 Å². The Hall–Kier alpha value is -2.09. The van der Waals surface area contributed by atoms with Crippen molar-refractivity contribution in [3.8, 4) is 0 Å². The lowest BCUT2D eigenvalue weighted by atomic mass is 9.74. The third kappa shape index (κ3) is 2.90. The first-order valence-electron chi connectivity index (χ1n) is 6.88. The highest BCUT2D eigenvalue weighted by molar-refractivity contribution is 5.81. The van der Waals surface area contributed by atoms with Gasteiger partial charge in [0.1, 0.15) is 0 Å². The molecule has 0 radical (unpaired) electrons. The van der Waals surface area contributed by atoms with E-state index >= 15 is 0 Å². The Morgan fingerprint density at radius 3 is 2.05 bits per heavy atom. The van der Waals surface area contributed by atoms with Crippen molar-refractivity contribution in [2.75, 3.05) is 0 Å². The zero-order chi connectivity index (χ0) is 14.6. The lowest BCUT2D eigenvalue weighted by Crippen LogP contribution is -2.33. The molecule has 2 heteroatoms. The summed E-state index contributed by atoms with van der Waals surface area (Å²) in [4.78, 5) is 11.8. The van der Waals surface area contributed by atoms with E-state index in [9.17, 15) is 9.90 Å². The predicted molar refractivity (Wildman–Crippen MR) is 80.9 cm³/mol. The SMILES string of the molecule is C[C@H](C[C@@](C)(C(=O)O)c1ccccc1)c1ccccc1. The van der Waals surface area contributed by atoms with Crippen molar-refractivity contribution in [3.63, 3.8) is 0 Å². The van der Waals surface area contributed by atoms with Gasteiger partial charge in [0, 0.05) is 0 Å². The number of hydrogen-bond donors (Lipinski definition) is 1. The number of rotatable bonds is 5. The van der Waals surface area contributed by atoms with E-state index in [0.717, 1.165) is 5.56 Å². The van der Waals surface area contributed by atoms with Crippen molar-refractivity contribution in [1.82, 2.24) is 0 Å². The first-order chi connectivity index (χ1) is 9.54. The Labute approximate surface area is 120 Å². The largest absolute Gasteiger partial charge is 0.481 e. The van der Waals surface area contributed by atoms with Crippen LogP contribution in [0.25, 0.3) is 0 Å². The molecule has 2 nitrogen and oxygen atoms in total. The predicted octanol–water partition coefficient (Wildman–Crippen LogP) is 4.22. The minimum atomic E-state index is -0.865. The molecule has 0 amide bonds. The summed E-state index contributed by atoms with van der Waals surface area (Å²) in [5.74, 6) is -0.580. The molecule has 0 saturated carbocycles. The van der Waals surface area contributed by atoms with Gasteiger partial charge in [0.25, 0.3) is 0 Å². The maximum Gasteiger partial charge on any atom is 0.313 e. The molecular weight excluding hydrogens is 248 g/mol. The Balaban J connectivity index is 2.29. The van der Waals surface area contributed by atoms with Crippen LogP contribution in [0.4, 0.5) is 0 Å². The molecule has 0 heterocycles. The van der Waals surface area contributed by atoms with Crippen molar-refractivity contribution < 1.29 is 9.90 Å². The molecule has 20 heavy (non-hydrogen) atoms. The molecule has 2 rings (SSSR count). The van der Waals surface area contributed by atoms with Gasteiger partial charge in [-0.15, -0.1) is 0 Å². The highest BCUT2D eigenvalue weighted by Crippen LogP contribution is 2.35. The van der Waals surface area contributed by atoms with Gasteiger partial charge < -0.3 is 5.11 Å². The minimum Gasteiger partial charge on any atom is -0.481 e. The van der Waals surface area contributed by atoms with Gasteiger partial charge in [0.15, 0.2) is 0 Å². The van der Waals surface area contributed by atoms with Gasteiger partial charge >= 0.3 is 5.97 Å². The van der Waals surface area contributed by atoms with E-state index in [0.29, 0.717) is 6.42 Å². The van der Waals surface area contributed by atoms with Gasteiger partial charge in [-0.2, -0.15) is 0 Å². The average Bonchev–Trinajstić information content (AvgIpc) is 2.48.